The maximum atomic E-state index is 5.76. The van der Waals surface area contributed by atoms with Crippen LogP contribution in [0.25, 0.3) is 0 Å². The molecule has 0 spiro atoms. The molecule has 0 radical (unpaired) electrons. The van der Waals surface area contributed by atoms with E-state index in [1.165, 1.54) is 0 Å². The standard InChI is InChI=1S/C8H12N4/c1-5-7-8(9)10-3-4-12(7)6(2)11-5/h3-5,7H,1-2H3,(H2,9,10). The van der Waals surface area contributed by atoms with Crippen LogP contribution < -0.4 is 5.73 Å². The first kappa shape index (κ1) is 7.34. The van der Waals surface area contributed by atoms with E-state index in [0.717, 1.165) is 5.84 Å². The molecular formula is C8H12N4. The number of amidine groups is 2. The molecule has 0 aliphatic carbocycles. The monoisotopic (exact) mass is 164 g/mol. The van der Waals surface area contributed by atoms with Crippen LogP contribution in [0.2, 0.25) is 0 Å². The zero-order valence-electron chi connectivity index (χ0n) is 7.23. The predicted octanol–water partition coefficient (Wildman–Crippen LogP) is 0.320. The van der Waals surface area contributed by atoms with E-state index in [-0.39, 0.29) is 12.1 Å². The van der Waals surface area contributed by atoms with Gasteiger partial charge in [-0.1, -0.05) is 0 Å². The van der Waals surface area contributed by atoms with Crippen molar-refractivity contribution in [1.29, 1.82) is 0 Å². The van der Waals surface area contributed by atoms with Crippen LogP contribution in [0.1, 0.15) is 13.8 Å². The van der Waals surface area contributed by atoms with E-state index in [4.69, 9.17) is 5.73 Å². The van der Waals surface area contributed by atoms with Crippen molar-refractivity contribution in [2.75, 3.05) is 0 Å². The smallest absolute Gasteiger partial charge is 0.124 e. The molecule has 2 N–H and O–H groups in total. The predicted molar refractivity (Wildman–Crippen MR) is 49.0 cm³/mol. The van der Waals surface area contributed by atoms with E-state index < -0.39 is 0 Å². The van der Waals surface area contributed by atoms with Crippen LogP contribution in [0.15, 0.2) is 22.4 Å². The molecule has 0 aromatic carbocycles. The lowest BCUT2D eigenvalue weighted by molar-refractivity contribution is 0.473. The van der Waals surface area contributed by atoms with E-state index in [0.29, 0.717) is 5.84 Å². The van der Waals surface area contributed by atoms with E-state index in [1.807, 2.05) is 13.1 Å². The first-order chi connectivity index (χ1) is 5.70. The molecule has 2 aliphatic heterocycles. The molecule has 2 atom stereocenters. The van der Waals surface area contributed by atoms with Crippen molar-refractivity contribution in [1.82, 2.24) is 4.90 Å². The Morgan fingerprint density at radius 2 is 2.33 bits per heavy atom. The third kappa shape index (κ3) is 0.841. The van der Waals surface area contributed by atoms with Crippen molar-refractivity contribution >= 4 is 11.7 Å². The molecule has 2 unspecified atom stereocenters. The molecule has 0 saturated carbocycles. The largest absolute Gasteiger partial charge is 0.385 e. The Morgan fingerprint density at radius 1 is 1.58 bits per heavy atom. The lowest BCUT2D eigenvalue weighted by atomic mass is 10.1. The molecular weight excluding hydrogens is 152 g/mol. The molecule has 12 heavy (non-hydrogen) atoms. The molecule has 0 aromatic heterocycles. The number of nitrogens with two attached hydrogens (primary N) is 1. The Labute approximate surface area is 71.5 Å². The van der Waals surface area contributed by atoms with Gasteiger partial charge in [-0.05, 0) is 13.8 Å². The van der Waals surface area contributed by atoms with Gasteiger partial charge in [-0.2, -0.15) is 0 Å². The highest BCUT2D eigenvalue weighted by atomic mass is 15.3. The summed E-state index contributed by atoms with van der Waals surface area (Å²) < 4.78 is 0. The number of hydrogen-bond donors (Lipinski definition) is 1. The lowest BCUT2D eigenvalue weighted by Gasteiger charge is -2.26. The van der Waals surface area contributed by atoms with Crippen molar-refractivity contribution in [3.63, 3.8) is 0 Å². The maximum Gasteiger partial charge on any atom is 0.124 e. The second kappa shape index (κ2) is 2.33. The van der Waals surface area contributed by atoms with Crippen LogP contribution in [-0.4, -0.2) is 28.7 Å². The second-order valence-electron chi connectivity index (χ2n) is 3.12. The summed E-state index contributed by atoms with van der Waals surface area (Å²) in [6, 6.07) is 0.369. The van der Waals surface area contributed by atoms with Gasteiger partial charge in [0.2, 0.25) is 0 Å². The van der Waals surface area contributed by atoms with Crippen LogP contribution in [-0.2, 0) is 0 Å². The summed E-state index contributed by atoms with van der Waals surface area (Å²) in [6.45, 7) is 4.04. The van der Waals surface area contributed by atoms with Crippen molar-refractivity contribution in [3.8, 4) is 0 Å². The van der Waals surface area contributed by atoms with Crippen LogP contribution >= 0.6 is 0 Å². The van der Waals surface area contributed by atoms with Crippen molar-refractivity contribution in [3.05, 3.63) is 12.4 Å². The molecule has 2 rings (SSSR count). The van der Waals surface area contributed by atoms with Gasteiger partial charge in [0.15, 0.2) is 0 Å². The number of fused-ring (bicyclic) bond motifs is 1. The molecule has 2 heterocycles. The summed E-state index contributed by atoms with van der Waals surface area (Å²) in [5, 5.41) is 0. The minimum absolute atomic E-state index is 0.148. The van der Waals surface area contributed by atoms with Crippen LogP contribution in [0.4, 0.5) is 0 Å². The fraction of sp³-hybridized carbons (Fsp3) is 0.500. The molecule has 0 amide bonds. The minimum Gasteiger partial charge on any atom is -0.385 e. The first-order valence-electron chi connectivity index (χ1n) is 4.02. The first-order valence-corrected chi connectivity index (χ1v) is 4.02. The van der Waals surface area contributed by atoms with Crippen molar-refractivity contribution < 1.29 is 0 Å². The van der Waals surface area contributed by atoms with E-state index in [2.05, 4.69) is 21.8 Å². The summed E-state index contributed by atoms with van der Waals surface area (Å²) in [6.07, 6.45) is 3.63. The van der Waals surface area contributed by atoms with Gasteiger partial charge in [-0.3, -0.25) is 4.99 Å². The van der Waals surface area contributed by atoms with Crippen LogP contribution in [0, 0.1) is 0 Å². The Hall–Kier alpha value is -1.32. The highest BCUT2D eigenvalue weighted by Gasteiger charge is 2.34. The average molecular weight is 164 g/mol. The molecule has 2 aliphatic rings. The topological polar surface area (TPSA) is 54.0 Å². The lowest BCUT2D eigenvalue weighted by Crippen LogP contribution is -2.46. The molecule has 64 valence electrons. The summed E-state index contributed by atoms with van der Waals surface area (Å²) in [7, 11) is 0. The van der Waals surface area contributed by atoms with Crippen molar-refractivity contribution in [2.45, 2.75) is 25.9 Å². The fourth-order valence-corrected chi connectivity index (χ4v) is 1.72. The third-order valence-electron chi connectivity index (χ3n) is 2.27. The Kier molecular flexibility index (Phi) is 1.43. The van der Waals surface area contributed by atoms with E-state index in [1.54, 1.807) is 6.20 Å². The quantitative estimate of drug-likeness (QED) is 0.560. The molecule has 4 heteroatoms. The second-order valence-corrected chi connectivity index (χ2v) is 3.12. The highest BCUT2D eigenvalue weighted by molar-refractivity contribution is 5.96. The number of hydrogen-bond acceptors (Lipinski definition) is 4. The minimum atomic E-state index is 0.148. The molecule has 0 bridgehead atoms. The van der Waals surface area contributed by atoms with Gasteiger partial charge < -0.3 is 10.6 Å². The number of rotatable bonds is 0. The van der Waals surface area contributed by atoms with E-state index in [9.17, 15) is 0 Å². The Morgan fingerprint density at radius 3 is 3.00 bits per heavy atom. The van der Waals surface area contributed by atoms with Crippen LogP contribution in [0.3, 0.4) is 0 Å². The third-order valence-corrected chi connectivity index (χ3v) is 2.27. The summed E-state index contributed by atoms with van der Waals surface area (Å²) in [5.41, 5.74) is 5.76. The zero-order chi connectivity index (χ0) is 8.72. The Bertz CT molecular complexity index is 289. The van der Waals surface area contributed by atoms with Gasteiger partial charge in [0.25, 0.3) is 0 Å². The zero-order valence-corrected chi connectivity index (χ0v) is 7.23. The SMILES string of the molecule is CC1=NC(C)C2C(N)=NC=CN12. The number of nitrogens with zero attached hydrogens (tertiary/aromatic N) is 3. The summed E-state index contributed by atoms with van der Waals surface area (Å²) >= 11 is 0. The molecule has 0 saturated heterocycles. The van der Waals surface area contributed by atoms with Crippen molar-refractivity contribution in [2.24, 2.45) is 15.7 Å². The molecule has 0 aromatic rings. The van der Waals surface area contributed by atoms with E-state index >= 15 is 0 Å². The van der Waals surface area contributed by atoms with Gasteiger partial charge in [-0.15, -0.1) is 0 Å². The van der Waals surface area contributed by atoms with Gasteiger partial charge in [0, 0.05) is 12.4 Å². The summed E-state index contributed by atoms with van der Waals surface area (Å²) in [5.74, 6) is 1.67. The fourth-order valence-electron chi connectivity index (χ4n) is 1.72. The van der Waals surface area contributed by atoms with Gasteiger partial charge in [-0.25, -0.2) is 4.99 Å². The van der Waals surface area contributed by atoms with Gasteiger partial charge >= 0.3 is 0 Å². The normalized spacial score (nSPS) is 33.0. The summed E-state index contributed by atoms with van der Waals surface area (Å²) in [4.78, 5) is 10.5. The molecule has 4 nitrogen and oxygen atoms in total. The van der Waals surface area contributed by atoms with Crippen LogP contribution in [0.5, 0.6) is 0 Å². The Balaban J connectivity index is 2.35. The molecule has 0 fully saturated rings. The average Bonchev–Trinajstić information content (AvgIpc) is 2.29. The van der Waals surface area contributed by atoms with Gasteiger partial charge in [0.1, 0.15) is 17.7 Å². The maximum absolute atomic E-state index is 5.76. The van der Waals surface area contributed by atoms with Gasteiger partial charge in [0.05, 0.1) is 6.04 Å². The highest BCUT2D eigenvalue weighted by Crippen LogP contribution is 2.20. The number of aliphatic imine (C=N–C) groups is 2.